The Morgan fingerprint density at radius 3 is 2.94 bits per heavy atom. The van der Waals surface area contributed by atoms with Gasteiger partial charge in [-0.05, 0) is 30.8 Å². The molecule has 0 spiro atoms. The molecule has 0 aliphatic rings. The molecule has 2 heterocycles. The van der Waals surface area contributed by atoms with Crippen molar-refractivity contribution in [3.8, 4) is 0 Å². The standard InChI is InChI=1S/C12H14N2OS/c1-13-7-10-4-5-12(14-8-10)16-9-11-3-2-6-15-11/h2-6,8,13H,7,9H2,1H3. The van der Waals surface area contributed by atoms with Gasteiger partial charge in [0.05, 0.1) is 17.0 Å². The number of hydrogen-bond acceptors (Lipinski definition) is 4. The van der Waals surface area contributed by atoms with E-state index in [0.29, 0.717) is 0 Å². The van der Waals surface area contributed by atoms with E-state index < -0.39 is 0 Å². The molecule has 0 aromatic carbocycles. The Morgan fingerprint density at radius 2 is 2.31 bits per heavy atom. The molecule has 2 aromatic rings. The number of pyridine rings is 1. The first-order chi connectivity index (χ1) is 7.88. The average Bonchev–Trinajstić information content (AvgIpc) is 2.82. The third-order valence-corrected chi connectivity index (χ3v) is 3.09. The molecular formula is C12H14N2OS. The first kappa shape index (κ1) is 11.2. The Balaban J connectivity index is 1.90. The molecule has 16 heavy (non-hydrogen) atoms. The van der Waals surface area contributed by atoms with Gasteiger partial charge in [-0.15, -0.1) is 0 Å². The summed E-state index contributed by atoms with van der Waals surface area (Å²) in [5.41, 5.74) is 1.20. The molecule has 0 bridgehead atoms. The Bertz CT molecular complexity index is 411. The molecule has 1 N–H and O–H groups in total. The Kier molecular flexibility index (Phi) is 4.02. The molecule has 0 amide bonds. The molecule has 0 saturated heterocycles. The monoisotopic (exact) mass is 234 g/mol. The topological polar surface area (TPSA) is 38.1 Å². The predicted molar refractivity (Wildman–Crippen MR) is 65.3 cm³/mol. The normalized spacial score (nSPS) is 10.6. The maximum atomic E-state index is 5.26. The zero-order chi connectivity index (χ0) is 11.2. The van der Waals surface area contributed by atoms with Crippen LogP contribution in [0.3, 0.4) is 0 Å². The minimum atomic E-state index is 0.825. The Labute approximate surface area is 99.3 Å². The van der Waals surface area contributed by atoms with E-state index in [4.69, 9.17) is 4.42 Å². The molecule has 0 atom stereocenters. The molecule has 4 heteroatoms. The van der Waals surface area contributed by atoms with Crippen molar-refractivity contribution in [1.29, 1.82) is 0 Å². The van der Waals surface area contributed by atoms with Crippen LogP contribution < -0.4 is 5.32 Å². The lowest BCUT2D eigenvalue weighted by atomic mass is 10.3. The van der Waals surface area contributed by atoms with Crippen LogP contribution in [0.2, 0.25) is 0 Å². The van der Waals surface area contributed by atoms with Crippen LogP contribution in [0.4, 0.5) is 0 Å². The second kappa shape index (κ2) is 5.72. The van der Waals surface area contributed by atoms with E-state index in [2.05, 4.69) is 16.4 Å². The van der Waals surface area contributed by atoms with Gasteiger partial charge in [0.2, 0.25) is 0 Å². The van der Waals surface area contributed by atoms with Gasteiger partial charge in [0, 0.05) is 12.7 Å². The largest absolute Gasteiger partial charge is 0.468 e. The minimum absolute atomic E-state index is 0.825. The number of thioether (sulfide) groups is 1. The summed E-state index contributed by atoms with van der Waals surface area (Å²) in [4.78, 5) is 4.38. The Morgan fingerprint density at radius 1 is 1.38 bits per heavy atom. The first-order valence-electron chi connectivity index (χ1n) is 5.13. The minimum Gasteiger partial charge on any atom is -0.468 e. The van der Waals surface area contributed by atoms with E-state index in [1.54, 1.807) is 18.0 Å². The van der Waals surface area contributed by atoms with E-state index in [1.807, 2.05) is 31.4 Å². The van der Waals surface area contributed by atoms with Gasteiger partial charge in [0.25, 0.3) is 0 Å². The van der Waals surface area contributed by atoms with Gasteiger partial charge in [-0.3, -0.25) is 0 Å². The van der Waals surface area contributed by atoms with Crippen molar-refractivity contribution in [3.05, 3.63) is 48.0 Å². The number of hydrogen-bond donors (Lipinski definition) is 1. The molecule has 2 rings (SSSR count). The van der Waals surface area contributed by atoms with Crippen molar-refractivity contribution >= 4 is 11.8 Å². The van der Waals surface area contributed by atoms with Crippen LogP contribution in [0, 0.1) is 0 Å². The van der Waals surface area contributed by atoms with E-state index in [0.717, 1.165) is 23.1 Å². The van der Waals surface area contributed by atoms with Crippen LogP contribution >= 0.6 is 11.8 Å². The highest BCUT2D eigenvalue weighted by Gasteiger charge is 1.99. The Hall–Kier alpha value is -1.26. The number of furan rings is 1. The van der Waals surface area contributed by atoms with Crippen LogP contribution in [-0.2, 0) is 12.3 Å². The second-order valence-corrected chi connectivity index (χ2v) is 4.40. The first-order valence-corrected chi connectivity index (χ1v) is 6.12. The highest BCUT2D eigenvalue weighted by molar-refractivity contribution is 7.98. The summed E-state index contributed by atoms with van der Waals surface area (Å²) in [5.74, 6) is 1.80. The summed E-state index contributed by atoms with van der Waals surface area (Å²) in [5, 5.41) is 4.12. The van der Waals surface area contributed by atoms with Gasteiger partial charge < -0.3 is 9.73 Å². The highest BCUT2D eigenvalue weighted by Crippen LogP contribution is 2.20. The zero-order valence-corrected chi connectivity index (χ0v) is 9.96. The fraction of sp³-hybridized carbons (Fsp3) is 0.250. The molecule has 0 aliphatic carbocycles. The summed E-state index contributed by atoms with van der Waals surface area (Å²) in [6, 6.07) is 8.01. The molecule has 84 valence electrons. The van der Waals surface area contributed by atoms with Gasteiger partial charge in [-0.1, -0.05) is 17.8 Å². The molecular weight excluding hydrogens is 220 g/mol. The van der Waals surface area contributed by atoms with Gasteiger partial charge in [0.15, 0.2) is 0 Å². The van der Waals surface area contributed by atoms with Crippen molar-refractivity contribution in [2.75, 3.05) is 7.05 Å². The molecule has 0 unspecified atom stereocenters. The lowest BCUT2D eigenvalue weighted by Gasteiger charge is -2.01. The summed E-state index contributed by atoms with van der Waals surface area (Å²) in [7, 11) is 1.93. The van der Waals surface area contributed by atoms with Crippen molar-refractivity contribution in [1.82, 2.24) is 10.3 Å². The van der Waals surface area contributed by atoms with Crippen LogP contribution in [0.15, 0.2) is 46.2 Å². The quantitative estimate of drug-likeness (QED) is 0.807. The number of nitrogens with one attached hydrogen (secondary N) is 1. The summed E-state index contributed by atoms with van der Waals surface area (Å²) >= 11 is 1.68. The van der Waals surface area contributed by atoms with Crippen molar-refractivity contribution in [2.24, 2.45) is 0 Å². The van der Waals surface area contributed by atoms with E-state index in [9.17, 15) is 0 Å². The maximum Gasteiger partial charge on any atom is 0.114 e. The fourth-order valence-corrected chi connectivity index (χ4v) is 2.09. The number of aromatic nitrogens is 1. The highest BCUT2D eigenvalue weighted by atomic mass is 32.2. The third-order valence-electron chi connectivity index (χ3n) is 2.12. The number of rotatable bonds is 5. The van der Waals surface area contributed by atoms with Gasteiger partial charge in [-0.25, -0.2) is 4.98 Å². The lowest BCUT2D eigenvalue weighted by Crippen LogP contribution is -2.05. The fourth-order valence-electron chi connectivity index (χ4n) is 1.34. The lowest BCUT2D eigenvalue weighted by molar-refractivity contribution is 0.530. The van der Waals surface area contributed by atoms with Crippen molar-refractivity contribution in [2.45, 2.75) is 17.3 Å². The van der Waals surface area contributed by atoms with Crippen LogP contribution in [-0.4, -0.2) is 12.0 Å². The van der Waals surface area contributed by atoms with Crippen molar-refractivity contribution in [3.63, 3.8) is 0 Å². The molecule has 0 radical (unpaired) electrons. The second-order valence-electron chi connectivity index (χ2n) is 3.40. The van der Waals surface area contributed by atoms with Crippen LogP contribution in [0.25, 0.3) is 0 Å². The molecule has 0 saturated carbocycles. The van der Waals surface area contributed by atoms with Gasteiger partial charge in [0.1, 0.15) is 5.76 Å². The predicted octanol–water partition coefficient (Wildman–Crippen LogP) is 2.69. The SMILES string of the molecule is CNCc1ccc(SCc2ccco2)nc1. The van der Waals surface area contributed by atoms with Crippen LogP contribution in [0.5, 0.6) is 0 Å². The summed E-state index contributed by atoms with van der Waals surface area (Å²) in [6.45, 7) is 0.857. The number of nitrogens with zero attached hydrogens (tertiary/aromatic N) is 1. The smallest absolute Gasteiger partial charge is 0.114 e. The molecule has 2 aromatic heterocycles. The molecule has 3 nitrogen and oxygen atoms in total. The van der Waals surface area contributed by atoms with Crippen LogP contribution in [0.1, 0.15) is 11.3 Å². The van der Waals surface area contributed by atoms with E-state index >= 15 is 0 Å². The molecule has 0 fully saturated rings. The third kappa shape index (κ3) is 3.12. The molecule has 0 aliphatic heterocycles. The van der Waals surface area contributed by atoms with E-state index in [1.165, 1.54) is 5.56 Å². The van der Waals surface area contributed by atoms with Crippen molar-refractivity contribution < 1.29 is 4.42 Å². The van der Waals surface area contributed by atoms with Gasteiger partial charge in [-0.2, -0.15) is 0 Å². The summed E-state index contributed by atoms with van der Waals surface area (Å²) in [6.07, 6.45) is 3.60. The maximum absolute atomic E-state index is 5.26. The summed E-state index contributed by atoms with van der Waals surface area (Å²) < 4.78 is 5.26. The zero-order valence-electron chi connectivity index (χ0n) is 9.14. The average molecular weight is 234 g/mol. The van der Waals surface area contributed by atoms with Gasteiger partial charge >= 0.3 is 0 Å². The van der Waals surface area contributed by atoms with E-state index in [-0.39, 0.29) is 0 Å².